The fourth-order valence-corrected chi connectivity index (χ4v) is 2.76. The van der Waals surface area contributed by atoms with E-state index in [1.807, 2.05) is 12.1 Å². The van der Waals surface area contributed by atoms with Crippen LogP contribution in [0.1, 0.15) is 11.1 Å². The van der Waals surface area contributed by atoms with Crippen molar-refractivity contribution < 1.29 is 4.74 Å². The van der Waals surface area contributed by atoms with Crippen molar-refractivity contribution in [2.45, 2.75) is 13.0 Å². The number of nitrogen functional groups attached to an aromatic ring is 1. The molecule has 0 unspecified atom stereocenters. The number of aromatic nitrogens is 2. The SMILES string of the molecule is COc1cccc2c1CCN(c1ncnc(N)c1Cl)C2. The highest BCUT2D eigenvalue weighted by Gasteiger charge is 2.22. The molecule has 0 bridgehead atoms. The molecule has 6 heteroatoms. The topological polar surface area (TPSA) is 64.3 Å². The molecule has 0 saturated heterocycles. The van der Waals surface area contributed by atoms with Crippen LogP contribution in [0.2, 0.25) is 5.02 Å². The molecule has 0 atom stereocenters. The molecule has 0 radical (unpaired) electrons. The molecular weight excluding hydrogens is 276 g/mol. The molecule has 1 aliphatic heterocycles. The van der Waals surface area contributed by atoms with Gasteiger partial charge in [0.15, 0.2) is 5.82 Å². The Labute approximate surface area is 122 Å². The Balaban J connectivity index is 1.95. The van der Waals surface area contributed by atoms with E-state index in [9.17, 15) is 0 Å². The maximum absolute atomic E-state index is 6.20. The summed E-state index contributed by atoms with van der Waals surface area (Å²) in [5, 5.41) is 0.416. The Morgan fingerprint density at radius 2 is 2.20 bits per heavy atom. The Morgan fingerprint density at radius 3 is 3.00 bits per heavy atom. The average molecular weight is 291 g/mol. The van der Waals surface area contributed by atoms with E-state index in [2.05, 4.69) is 20.9 Å². The summed E-state index contributed by atoms with van der Waals surface area (Å²) in [7, 11) is 1.70. The first-order valence-corrected chi connectivity index (χ1v) is 6.74. The molecule has 2 N–H and O–H groups in total. The molecule has 5 nitrogen and oxygen atoms in total. The minimum atomic E-state index is 0.313. The fraction of sp³-hybridized carbons (Fsp3) is 0.286. The van der Waals surface area contributed by atoms with Crippen molar-refractivity contribution in [3.05, 3.63) is 40.7 Å². The van der Waals surface area contributed by atoms with Crippen LogP contribution in [0, 0.1) is 0 Å². The van der Waals surface area contributed by atoms with Crippen molar-refractivity contribution in [2.24, 2.45) is 0 Å². The van der Waals surface area contributed by atoms with Gasteiger partial charge in [0.2, 0.25) is 0 Å². The number of hydrogen-bond acceptors (Lipinski definition) is 5. The van der Waals surface area contributed by atoms with Crippen molar-refractivity contribution in [1.29, 1.82) is 0 Å². The summed E-state index contributed by atoms with van der Waals surface area (Å²) >= 11 is 6.20. The predicted molar refractivity (Wildman–Crippen MR) is 79.2 cm³/mol. The molecule has 0 aliphatic carbocycles. The lowest BCUT2D eigenvalue weighted by Crippen LogP contribution is -2.31. The first kappa shape index (κ1) is 13.0. The summed E-state index contributed by atoms with van der Waals surface area (Å²) < 4.78 is 5.41. The third kappa shape index (κ3) is 2.14. The van der Waals surface area contributed by atoms with E-state index < -0.39 is 0 Å². The first-order chi connectivity index (χ1) is 9.70. The number of ether oxygens (including phenoxy) is 1. The zero-order chi connectivity index (χ0) is 14.1. The minimum Gasteiger partial charge on any atom is -0.496 e. The molecule has 104 valence electrons. The number of hydrogen-bond donors (Lipinski definition) is 1. The van der Waals surface area contributed by atoms with Gasteiger partial charge in [-0.3, -0.25) is 0 Å². The lowest BCUT2D eigenvalue weighted by molar-refractivity contribution is 0.407. The molecule has 0 amide bonds. The standard InChI is InChI=1S/C14H15ClN4O/c1-20-11-4-2-3-9-7-19(6-5-10(9)11)14-12(15)13(16)17-8-18-14/h2-4,8H,5-7H2,1H3,(H2,16,17,18). The quantitative estimate of drug-likeness (QED) is 0.919. The van der Waals surface area contributed by atoms with Crippen LogP contribution in [0.5, 0.6) is 5.75 Å². The normalized spacial score (nSPS) is 14.0. The minimum absolute atomic E-state index is 0.313. The lowest BCUT2D eigenvalue weighted by atomic mass is 9.98. The summed E-state index contributed by atoms with van der Waals surface area (Å²) in [6, 6.07) is 6.09. The molecule has 3 rings (SSSR count). The van der Waals surface area contributed by atoms with Crippen LogP contribution >= 0.6 is 11.6 Å². The number of anilines is 2. The van der Waals surface area contributed by atoms with E-state index in [1.54, 1.807) is 7.11 Å². The molecule has 2 heterocycles. The van der Waals surface area contributed by atoms with E-state index in [-0.39, 0.29) is 0 Å². The first-order valence-electron chi connectivity index (χ1n) is 6.36. The number of halogens is 1. The molecule has 20 heavy (non-hydrogen) atoms. The van der Waals surface area contributed by atoms with Crippen LogP contribution in [0.15, 0.2) is 24.5 Å². The third-order valence-electron chi connectivity index (χ3n) is 3.54. The fourth-order valence-electron chi connectivity index (χ4n) is 2.54. The van der Waals surface area contributed by atoms with Crippen LogP contribution in [0.4, 0.5) is 11.6 Å². The van der Waals surface area contributed by atoms with Gasteiger partial charge >= 0.3 is 0 Å². The number of nitrogens with zero attached hydrogens (tertiary/aromatic N) is 3. The molecule has 1 aromatic carbocycles. The van der Waals surface area contributed by atoms with Crippen LogP contribution in [-0.2, 0) is 13.0 Å². The Bertz CT molecular complexity index is 647. The van der Waals surface area contributed by atoms with E-state index in [1.165, 1.54) is 17.5 Å². The van der Waals surface area contributed by atoms with Crippen molar-refractivity contribution in [3.63, 3.8) is 0 Å². The second-order valence-corrected chi connectivity index (χ2v) is 5.04. The van der Waals surface area contributed by atoms with E-state index in [0.29, 0.717) is 16.7 Å². The summed E-state index contributed by atoms with van der Waals surface area (Å²) in [5.41, 5.74) is 8.22. The highest BCUT2D eigenvalue weighted by Crippen LogP contribution is 2.33. The van der Waals surface area contributed by atoms with E-state index in [0.717, 1.165) is 25.3 Å². The van der Waals surface area contributed by atoms with Gasteiger partial charge in [-0.2, -0.15) is 0 Å². The zero-order valence-electron chi connectivity index (χ0n) is 11.1. The highest BCUT2D eigenvalue weighted by atomic mass is 35.5. The number of benzene rings is 1. The summed E-state index contributed by atoms with van der Waals surface area (Å²) in [6.07, 6.45) is 2.33. The third-order valence-corrected chi connectivity index (χ3v) is 3.90. The van der Waals surface area contributed by atoms with Gasteiger partial charge in [-0.25, -0.2) is 9.97 Å². The lowest BCUT2D eigenvalue weighted by Gasteiger charge is -2.31. The van der Waals surface area contributed by atoms with Crippen LogP contribution in [-0.4, -0.2) is 23.6 Å². The monoisotopic (exact) mass is 290 g/mol. The largest absolute Gasteiger partial charge is 0.496 e. The van der Waals surface area contributed by atoms with Crippen LogP contribution < -0.4 is 15.4 Å². The number of nitrogens with two attached hydrogens (primary N) is 1. The highest BCUT2D eigenvalue weighted by molar-refractivity contribution is 6.35. The maximum Gasteiger partial charge on any atom is 0.153 e. The van der Waals surface area contributed by atoms with Gasteiger partial charge in [0.25, 0.3) is 0 Å². The predicted octanol–water partition coefficient (Wildman–Crippen LogP) is 2.28. The molecule has 1 aliphatic rings. The van der Waals surface area contributed by atoms with Gasteiger partial charge < -0.3 is 15.4 Å². The molecule has 2 aromatic rings. The van der Waals surface area contributed by atoms with Crippen molar-refractivity contribution in [1.82, 2.24) is 9.97 Å². The number of fused-ring (bicyclic) bond motifs is 1. The van der Waals surface area contributed by atoms with Gasteiger partial charge in [0.05, 0.1) is 7.11 Å². The molecule has 0 spiro atoms. The van der Waals surface area contributed by atoms with Gasteiger partial charge in [-0.1, -0.05) is 23.7 Å². The number of rotatable bonds is 2. The Kier molecular flexibility index (Phi) is 3.36. The van der Waals surface area contributed by atoms with Crippen molar-refractivity contribution in [2.75, 3.05) is 24.3 Å². The van der Waals surface area contributed by atoms with E-state index >= 15 is 0 Å². The molecule has 0 saturated carbocycles. The van der Waals surface area contributed by atoms with Gasteiger partial charge in [-0.05, 0) is 18.1 Å². The zero-order valence-corrected chi connectivity index (χ0v) is 11.9. The van der Waals surface area contributed by atoms with Gasteiger partial charge in [0.1, 0.15) is 22.9 Å². The summed E-state index contributed by atoms with van der Waals surface area (Å²) in [5.74, 6) is 1.94. The summed E-state index contributed by atoms with van der Waals surface area (Å²) in [6.45, 7) is 1.56. The van der Waals surface area contributed by atoms with Crippen LogP contribution in [0.3, 0.4) is 0 Å². The van der Waals surface area contributed by atoms with Crippen molar-refractivity contribution >= 4 is 23.2 Å². The number of methoxy groups -OCH3 is 1. The maximum atomic E-state index is 6.20. The van der Waals surface area contributed by atoms with Gasteiger partial charge in [0, 0.05) is 18.7 Å². The molecule has 0 fully saturated rings. The van der Waals surface area contributed by atoms with E-state index in [4.69, 9.17) is 22.1 Å². The Hall–Kier alpha value is -2.01. The summed E-state index contributed by atoms with van der Waals surface area (Å²) in [4.78, 5) is 10.3. The van der Waals surface area contributed by atoms with Crippen molar-refractivity contribution in [3.8, 4) is 5.75 Å². The van der Waals surface area contributed by atoms with Crippen LogP contribution in [0.25, 0.3) is 0 Å². The van der Waals surface area contributed by atoms with Gasteiger partial charge in [-0.15, -0.1) is 0 Å². The second kappa shape index (κ2) is 5.17. The smallest absolute Gasteiger partial charge is 0.153 e. The average Bonchev–Trinajstić information content (AvgIpc) is 2.49. The molecular formula is C14H15ClN4O. The Morgan fingerprint density at radius 1 is 1.35 bits per heavy atom. The molecule has 1 aromatic heterocycles. The second-order valence-electron chi connectivity index (χ2n) is 4.67.